The minimum atomic E-state index is 0.0589. The van der Waals surface area contributed by atoms with Crippen LogP contribution in [-0.2, 0) is 11.3 Å². The molecule has 0 radical (unpaired) electrons. The number of nitrogens with one attached hydrogen (secondary N) is 1. The van der Waals surface area contributed by atoms with Gasteiger partial charge in [-0.25, -0.2) is 4.98 Å². The Kier molecular flexibility index (Phi) is 5.59. The Hall–Kier alpha value is -1.84. The first-order valence-corrected chi connectivity index (χ1v) is 7.48. The largest absolute Gasteiger partial charge is 0.355 e. The van der Waals surface area contributed by atoms with Crippen LogP contribution in [0.5, 0.6) is 0 Å². The van der Waals surface area contributed by atoms with Gasteiger partial charge in [0, 0.05) is 6.54 Å². The van der Waals surface area contributed by atoms with Gasteiger partial charge in [-0.3, -0.25) is 4.79 Å². The highest BCUT2D eigenvalue weighted by atomic mass is 16.1. The number of unbranched alkanes of at least 4 members (excludes halogenated alkanes) is 4. The fourth-order valence-corrected chi connectivity index (χ4v) is 2.30. The van der Waals surface area contributed by atoms with E-state index < -0.39 is 0 Å². The normalized spacial score (nSPS) is 10.8. The summed E-state index contributed by atoms with van der Waals surface area (Å²) < 4.78 is 1.89. The fourth-order valence-electron chi connectivity index (χ4n) is 2.30. The van der Waals surface area contributed by atoms with Crippen LogP contribution >= 0.6 is 0 Å². The number of hydrogen-bond donors (Lipinski definition) is 1. The molecule has 4 heteroatoms. The number of nitrogens with zero attached hydrogens (tertiary/aromatic N) is 2. The van der Waals surface area contributed by atoms with E-state index in [2.05, 4.69) is 17.2 Å². The summed E-state index contributed by atoms with van der Waals surface area (Å²) >= 11 is 0. The van der Waals surface area contributed by atoms with Crippen molar-refractivity contribution in [3.8, 4) is 0 Å². The molecule has 1 heterocycles. The summed E-state index contributed by atoms with van der Waals surface area (Å²) in [4.78, 5) is 16.2. The first-order valence-electron chi connectivity index (χ1n) is 7.48. The van der Waals surface area contributed by atoms with Crippen LogP contribution in [0.25, 0.3) is 11.0 Å². The van der Waals surface area contributed by atoms with Crippen molar-refractivity contribution in [3.63, 3.8) is 0 Å². The average Bonchev–Trinajstić information content (AvgIpc) is 2.86. The van der Waals surface area contributed by atoms with Crippen LogP contribution < -0.4 is 5.32 Å². The zero-order valence-electron chi connectivity index (χ0n) is 12.1. The fraction of sp³-hybridized carbons (Fsp3) is 0.500. The standard InChI is InChI=1S/C16H23N3O/c1-2-3-4-5-8-11-17-16(20)12-19-13-18-14-9-6-7-10-15(14)19/h6-7,9-10,13H,2-5,8,11-12H2,1H3,(H,17,20). The summed E-state index contributed by atoms with van der Waals surface area (Å²) in [5, 5.41) is 2.98. The van der Waals surface area contributed by atoms with Gasteiger partial charge in [-0.1, -0.05) is 44.7 Å². The van der Waals surface area contributed by atoms with Gasteiger partial charge in [0.15, 0.2) is 0 Å². The molecule has 1 amide bonds. The first-order chi connectivity index (χ1) is 9.81. The second-order valence-electron chi connectivity index (χ2n) is 5.13. The Bertz CT molecular complexity index is 547. The van der Waals surface area contributed by atoms with Crippen LogP contribution in [0.2, 0.25) is 0 Å². The summed E-state index contributed by atoms with van der Waals surface area (Å²) in [5.41, 5.74) is 1.94. The summed E-state index contributed by atoms with van der Waals surface area (Å²) in [5.74, 6) is 0.0589. The molecule has 2 rings (SSSR count). The predicted octanol–water partition coefficient (Wildman–Crippen LogP) is 3.12. The lowest BCUT2D eigenvalue weighted by Gasteiger charge is -2.06. The van der Waals surface area contributed by atoms with E-state index in [0.717, 1.165) is 24.0 Å². The molecule has 0 saturated heterocycles. The number of fused-ring (bicyclic) bond motifs is 1. The molecule has 1 aromatic carbocycles. The Morgan fingerprint density at radius 2 is 2.00 bits per heavy atom. The second-order valence-corrected chi connectivity index (χ2v) is 5.13. The number of imidazole rings is 1. The molecular weight excluding hydrogens is 250 g/mol. The number of para-hydroxylation sites is 2. The van der Waals surface area contributed by atoms with Gasteiger partial charge in [-0.2, -0.15) is 0 Å². The minimum Gasteiger partial charge on any atom is -0.355 e. The van der Waals surface area contributed by atoms with E-state index >= 15 is 0 Å². The number of hydrogen-bond acceptors (Lipinski definition) is 2. The summed E-state index contributed by atoms with van der Waals surface area (Å²) in [7, 11) is 0. The maximum Gasteiger partial charge on any atom is 0.239 e. The van der Waals surface area contributed by atoms with Gasteiger partial charge in [0.25, 0.3) is 0 Å². The van der Waals surface area contributed by atoms with E-state index in [9.17, 15) is 4.79 Å². The number of benzene rings is 1. The van der Waals surface area contributed by atoms with E-state index in [1.807, 2.05) is 28.8 Å². The molecule has 0 fully saturated rings. The molecule has 0 unspecified atom stereocenters. The molecule has 1 N–H and O–H groups in total. The van der Waals surface area contributed by atoms with E-state index in [1.165, 1.54) is 25.7 Å². The molecule has 0 aliphatic rings. The lowest BCUT2D eigenvalue weighted by Crippen LogP contribution is -2.28. The minimum absolute atomic E-state index is 0.0589. The molecule has 0 spiro atoms. The molecular formula is C16H23N3O. The quantitative estimate of drug-likeness (QED) is 0.751. The van der Waals surface area contributed by atoms with Crippen molar-refractivity contribution in [1.29, 1.82) is 0 Å². The maximum absolute atomic E-state index is 11.9. The van der Waals surface area contributed by atoms with Crippen molar-refractivity contribution < 1.29 is 4.79 Å². The molecule has 2 aromatic rings. The maximum atomic E-state index is 11.9. The lowest BCUT2D eigenvalue weighted by atomic mass is 10.1. The van der Waals surface area contributed by atoms with Crippen molar-refractivity contribution in [3.05, 3.63) is 30.6 Å². The zero-order valence-corrected chi connectivity index (χ0v) is 12.1. The lowest BCUT2D eigenvalue weighted by molar-refractivity contribution is -0.121. The monoisotopic (exact) mass is 273 g/mol. The van der Waals surface area contributed by atoms with E-state index in [-0.39, 0.29) is 5.91 Å². The van der Waals surface area contributed by atoms with Crippen molar-refractivity contribution in [2.24, 2.45) is 0 Å². The van der Waals surface area contributed by atoms with Crippen LogP contribution in [-0.4, -0.2) is 22.0 Å². The summed E-state index contributed by atoms with van der Waals surface area (Å²) in [6, 6.07) is 7.86. The van der Waals surface area contributed by atoms with Crippen molar-refractivity contribution in [2.75, 3.05) is 6.54 Å². The van der Waals surface area contributed by atoms with E-state index in [1.54, 1.807) is 6.33 Å². The zero-order chi connectivity index (χ0) is 14.2. The van der Waals surface area contributed by atoms with Crippen molar-refractivity contribution in [2.45, 2.75) is 45.6 Å². The van der Waals surface area contributed by atoms with Gasteiger partial charge in [0.1, 0.15) is 6.54 Å². The molecule has 20 heavy (non-hydrogen) atoms. The number of carbonyl (C=O) groups is 1. The Morgan fingerprint density at radius 3 is 2.85 bits per heavy atom. The van der Waals surface area contributed by atoms with Crippen molar-refractivity contribution >= 4 is 16.9 Å². The Morgan fingerprint density at radius 1 is 1.20 bits per heavy atom. The SMILES string of the molecule is CCCCCCCNC(=O)Cn1cnc2ccccc21. The molecule has 1 aromatic heterocycles. The molecule has 108 valence electrons. The highest BCUT2D eigenvalue weighted by Crippen LogP contribution is 2.11. The second kappa shape index (κ2) is 7.68. The molecule has 0 bridgehead atoms. The van der Waals surface area contributed by atoms with Gasteiger partial charge in [0.05, 0.1) is 17.4 Å². The van der Waals surface area contributed by atoms with E-state index in [4.69, 9.17) is 0 Å². The molecule has 4 nitrogen and oxygen atoms in total. The molecule has 0 saturated carbocycles. The topological polar surface area (TPSA) is 46.9 Å². The van der Waals surface area contributed by atoms with Gasteiger partial charge in [0.2, 0.25) is 5.91 Å². The third-order valence-electron chi connectivity index (χ3n) is 3.44. The smallest absolute Gasteiger partial charge is 0.239 e. The molecule has 0 aliphatic carbocycles. The van der Waals surface area contributed by atoms with Crippen molar-refractivity contribution in [1.82, 2.24) is 14.9 Å². The highest BCUT2D eigenvalue weighted by molar-refractivity contribution is 5.80. The van der Waals surface area contributed by atoms with Gasteiger partial charge in [-0.05, 0) is 18.6 Å². The number of carbonyl (C=O) groups excluding carboxylic acids is 1. The number of aromatic nitrogens is 2. The van der Waals surface area contributed by atoms with E-state index in [0.29, 0.717) is 6.54 Å². The highest BCUT2D eigenvalue weighted by Gasteiger charge is 2.06. The molecule has 0 atom stereocenters. The Balaban J connectivity index is 1.74. The van der Waals surface area contributed by atoms with Gasteiger partial charge < -0.3 is 9.88 Å². The van der Waals surface area contributed by atoms with Crippen LogP contribution in [0, 0.1) is 0 Å². The summed E-state index contributed by atoms with van der Waals surface area (Å²) in [6.45, 7) is 3.32. The first kappa shape index (κ1) is 14.6. The summed E-state index contributed by atoms with van der Waals surface area (Å²) in [6.07, 6.45) is 7.79. The van der Waals surface area contributed by atoms with Gasteiger partial charge >= 0.3 is 0 Å². The van der Waals surface area contributed by atoms with Gasteiger partial charge in [-0.15, -0.1) is 0 Å². The van der Waals surface area contributed by atoms with Crippen LogP contribution in [0.15, 0.2) is 30.6 Å². The molecule has 0 aliphatic heterocycles. The third-order valence-corrected chi connectivity index (χ3v) is 3.44. The predicted molar refractivity (Wildman–Crippen MR) is 81.5 cm³/mol. The van der Waals surface area contributed by atoms with Crippen LogP contribution in [0.1, 0.15) is 39.0 Å². The Labute approximate surface area is 120 Å². The van der Waals surface area contributed by atoms with Crippen LogP contribution in [0.4, 0.5) is 0 Å². The average molecular weight is 273 g/mol. The number of rotatable bonds is 8. The number of amides is 1. The van der Waals surface area contributed by atoms with Crippen LogP contribution in [0.3, 0.4) is 0 Å². The third kappa shape index (κ3) is 4.08.